The van der Waals surface area contributed by atoms with Crippen LogP contribution in [0.4, 0.5) is 0 Å². The van der Waals surface area contributed by atoms with Gasteiger partial charge in [-0.05, 0) is 43.3 Å². The van der Waals surface area contributed by atoms with E-state index in [1.165, 1.54) is 6.92 Å². The van der Waals surface area contributed by atoms with Crippen LogP contribution in [0.3, 0.4) is 0 Å². The summed E-state index contributed by atoms with van der Waals surface area (Å²) in [6.07, 6.45) is 0. The van der Waals surface area contributed by atoms with Gasteiger partial charge in [-0.25, -0.2) is 0 Å². The molecule has 0 saturated heterocycles. The third kappa shape index (κ3) is 3.42. The van der Waals surface area contributed by atoms with Crippen LogP contribution < -0.4 is 5.32 Å². The highest BCUT2D eigenvalue weighted by atomic mass is 32.1. The number of aryl methyl sites for hydroxylation is 1. The van der Waals surface area contributed by atoms with E-state index < -0.39 is 0 Å². The van der Waals surface area contributed by atoms with E-state index in [1.54, 1.807) is 18.3 Å². The Hall–Kier alpha value is -2.66. The molecule has 5 heteroatoms. The maximum atomic E-state index is 12.9. The molecule has 1 aromatic carbocycles. The molecule has 0 fully saturated rings. The van der Waals surface area contributed by atoms with E-state index in [2.05, 4.69) is 10.3 Å². The van der Waals surface area contributed by atoms with E-state index in [4.69, 9.17) is 0 Å². The summed E-state index contributed by atoms with van der Waals surface area (Å²) in [6, 6.07) is 13.6. The van der Waals surface area contributed by atoms with Crippen molar-refractivity contribution in [3.63, 3.8) is 0 Å². The fourth-order valence-electron chi connectivity index (χ4n) is 3.13. The first-order valence-electron chi connectivity index (χ1n) is 8.08. The molecule has 2 aromatic heterocycles. The van der Waals surface area contributed by atoms with E-state index in [1.807, 2.05) is 54.8 Å². The number of Topliss-reactive ketones (excluding diaryl/α,β-unsaturated/α-hetero) is 1. The number of ketones is 1. The summed E-state index contributed by atoms with van der Waals surface area (Å²) in [5, 5.41) is 5.10. The molecular formula is C20H20N2O2S. The van der Waals surface area contributed by atoms with Crippen molar-refractivity contribution >= 4 is 23.0 Å². The lowest BCUT2D eigenvalue weighted by Gasteiger charge is -2.18. The van der Waals surface area contributed by atoms with Gasteiger partial charge in [0.2, 0.25) is 0 Å². The Morgan fingerprint density at radius 1 is 1.08 bits per heavy atom. The molecule has 1 atom stereocenters. The van der Waals surface area contributed by atoms with Crippen molar-refractivity contribution in [3.8, 4) is 0 Å². The number of aromatic amines is 1. The van der Waals surface area contributed by atoms with E-state index in [0.29, 0.717) is 16.8 Å². The lowest BCUT2D eigenvalue weighted by Crippen LogP contribution is -2.29. The predicted molar refractivity (Wildman–Crippen MR) is 100 cm³/mol. The quantitative estimate of drug-likeness (QED) is 0.668. The van der Waals surface area contributed by atoms with Crippen LogP contribution in [-0.4, -0.2) is 16.7 Å². The number of H-pyrrole nitrogens is 1. The minimum Gasteiger partial charge on any atom is -0.354 e. The summed E-state index contributed by atoms with van der Waals surface area (Å²) in [7, 11) is 0. The molecule has 1 unspecified atom stereocenters. The molecule has 2 heterocycles. The summed E-state index contributed by atoms with van der Waals surface area (Å²) >= 11 is 1.60. The largest absolute Gasteiger partial charge is 0.354 e. The zero-order valence-electron chi connectivity index (χ0n) is 14.4. The van der Waals surface area contributed by atoms with E-state index in [-0.39, 0.29) is 17.7 Å². The highest BCUT2D eigenvalue weighted by Gasteiger charge is 2.23. The Balaban J connectivity index is 1.95. The van der Waals surface area contributed by atoms with Gasteiger partial charge in [0.25, 0.3) is 5.91 Å². The van der Waals surface area contributed by atoms with Crippen LogP contribution in [0.2, 0.25) is 0 Å². The topological polar surface area (TPSA) is 62.0 Å². The van der Waals surface area contributed by atoms with Gasteiger partial charge >= 0.3 is 0 Å². The van der Waals surface area contributed by atoms with Crippen LogP contribution in [0.15, 0.2) is 47.8 Å². The smallest absolute Gasteiger partial charge is 0.268 e. The zero-order chi connectivity index (χ0) is 18.0. The summed E-state index contributed by atoms with van der Waals surface area (Å²) in [6.45, 7) is 5.13. The fourth-order valence-corrected chi connectivity index (χ4v) is 3.93. The molecule has 0 bridgehead atoms. The molecule has 0 aliphatic rings. The van der Waals surface area contributed by atoms with Crippen molar-refractivity contribution in [2.75, 3.05) is 0 Å². The molecule has 128 valence electrons. The number of nitrogens with one attached hydrogen (secondary N) is 2. The number of hydrogen-bond donors (Lipinski definition) is 2. The van der Waals surface area contributed by atoms with Gasteiger partial charge < -0.3 is 10.3 Å². The van der Waals surface area contributed by atoms with E-state index >= 15 is 0 Å². The lowest BCUT2D eigenvalue weighted by molar-refractivity contribution is 0.0938. The highest BCUT2D eigenvalue weighted by Crippen LogP contribution is 2.27. The van der Waals surface area contributed by atoms with Crippen LogP contribution in [0.5, 0.6) is 0 Å². The number of carbonyl (C=O) groups excluding carboxylic acids is 2. The molecular weight excluding hydrogens is 332 g/mol. The first kappa shape index (κ1) is 17.2. The second-order valence-corrected chi connectivity index (χ2v) is 6.99. The Morgan fingerprint density at radius 2 is 1.80 bits per heavy atom. The number of thiophene rings is 1. The van der Waals surface area contributed by atoms with Gasteiger partial charge in [-0.3, -0.25) is 9.59 Å². The van der Waals surface area contributed by atoms with Crippen LogP contribution in [-0.2, 0) is 0 Å². The molecule has 1 amide bonds. The van der Waals surface area contributed by atoms with Gasteiger partial charge in [-0.1, -0.05) is 36.4 Å². The number of aromatic nitrogens is 1. The molecule has 0 radical (unpaired) electrons. The van der Waals surface area contributed by atoms with Crippen molar-refractivity contribution in [1.29, 1.82) is 0 Å². The van der Waals surface area contributed by atoms with Crippen LogP contribution in [0, 0.1) is 13.8 Å². The third-order valence-electron chi connectivity index (χ3n) is 4.25. The van der Waals surface area contributed by atoms with Gasteiger partial charge in [0, 0.05) is 16.1 Å². The Bertz CT molecular complexity index is 895. The molecule has 4 nitrogen and oxygen atoms in total. The molecule has 3 rings (SSSR count). The van der Waals surface area contributed by atoms with Crippen molar-refractivity contribution in [2.45, 2.75) is 26.8 Å². The summed E-state index contributed by atoms with van der Waals surface area (Å²) < 4.78 is 0. The van der Waals surface area contributed by atoms with Crippen molar-refractivity contribution < 1.29 is 9.59 Å². The molecule has 3 aromatic rings. The first-order valence-corrected chi connectivity index (χ1v) is 8.96. The summed E-state index contributed by atoms with van der Waals surface area (Å²) in [5.74, 6) is -0.251. The SMILES string of the molecule is CC(=O)c1c(C)[nH]c(C(=O)NC(c2ccccc2)c2cccs2)c1C. The molecule has 0 aliphatic carbocycles. The van der Waals surface area contributed by atoms with Crippen LogP contribution in [0.25, 0.3) is 0 Å². The molecule has 2 N–H and O–H groups in total. The first-order chi connectivity index (χ1) is 12.0. The van der Waals surface area contributed by atoms with Crippen molar-refractivity contribution in [3.05, 3.63) is 80.8 Å². The summed E-state index contributed by atoms with van der Waals surface area (Å²) in [4.78, 5) is 28.8. The van der Waals surface area contributed by atoms with Gasteiger partial charge in [0.15, 0.2) is 5.78 Å². The number of hydrogen-bond acceptors (Lipinski definition) is 3. The van der Waals surface area contributed by atoms with Crippen molar-refractivity contribution in [2.24, 2.45) is 0 Å². The van der Waals surface area contributed by atoms with Crippen LogP contribution >= 0.6 is 11.3 Å². The predicted octanol–water partition coefficient (Wildman–Crippen LogP) is 4.42. The number of amides is 1. The second kappa shape index (κ2) is 7.07. The number of rotatable bonds is 5. The number of benzene rings is 1. The van der Waals surface area contributed by atoms with E-state index in [9.17, 15) is 9.59 Å². The lowest BCUT2D eigenvalue weighted by atomic mass is 10.0. The average Bonchev–Trinajstić information content (AvgIpc) is 3.21. The zero-order valence-corrected chi connectivity index (χ0v) is 15.2. The highest BCUT2D eigenvalue weighted by molar-refractivity contribution is 7.10. The Morgan fingerprint density at radius 3 is 2.36 bits per heavy atom. The van der Waals surface area contributed by atoms with Gasteiger partial charge in [0.1, 0.15) is 5.69 Å². The minimum absolute atomic E-state index is 0.0387. The Kier molecular flexibility index (Phi) is 4.86. The maximum Gasteiger partial charge on any atom is 0.268 e. The number of carbonyl (C=O) groups is 2. The molecule has 0 saturated carbocycles. The normalized spacial score (nSPS) is 12.0. The fraction of sp³-hybridized carbons (Fsp3) is 0.200. The Labute approximate surface area is 150 Å². The summed E-state index contributed by atoms with van der Waals surface area (Å²) in [5.41, 5.74) is 3.48. The van der Waals surface area contributed by atoms with Crippen LogP contribution in [0.1, 0.15) is 55.5 Å². The average molecular weight is 352 g/mol. The monoisotopic (exact) mass is 352 g/mol. The third-order valence-corrected chi connectivity index (χ3v) is 5.19. The van der Waals surface area contributed by atoms with E-state index in [0.717, 1.165) is 16.1 Å². The maximum absolute atomic E-state index is 12.9. The standard InChI is InChI=1S/C20H20N2O2S/c1-12-17(14(3)23)13(2)21-18(12)20(24)22-19(16-10-7-11-25-16)15-8-5-4-6-9-15/h4-11,19,21H,1-3H3,(H,22,24). The molecule has 0 spiro atoms. The minimum atomic E-state index is -0.225. The van der Waals surface area contributed by atoms with Gasteiger partial charge in [0.05, 0.1) is 6.04 Å². The van der Waals surface area contributed by atoms with Gasteiger partial charge in [-0.15, -0.1) is 11.3 Å². The second-order valence-electron chi connectivity index (χ2n) is 6.01. The van der Waals surface area contributed by atoms with Crippen molar-refractivity contribution in [1.82, 2.24) is 10.3 Å². The molecule has 25 heavy (non-hydrogen) atoms. The molecule has 0 aliphatic heterocycles. The van der Waals surface area contributed by atoms with Gasteiger partial charge in [-0.2, -0.15) is 0 Å².